The number of fused-ring (bicyclic) bond motifs is 6. The lowest BCUT2D eigenvalue weighted by molar-refractivity contribution is -0.135. The monoisotopic (exact) mass is 931 g/mol. The molecule has 0 saturated carbocycles. The number of carbonyl (C=O) groups is 3. The van der Waals surface area contributed by atoms with Crippen molar-refractivity contribution in [2.45, 2.75) is 104 Å². The Morgan fingerprint density at radius 1 is 0.897 bits per heavy atom. The number of aromatic nitrogens is 4. The standard InChI is InChI=1S/C52H66N8O8/c1-10-22-59(49(61)44(30(2)3)57-51(63)66-8)32(5)47-53-27-42(55-47)36-17-19-38-37(24-36)29-68-43-26-39-35(25-40(38)43)18-20-41-46(39)56-48(54-41)33(6)60(28-31(4)21-23-65-7)50(62)45(58-52(64)67-9)34-15-13-11-12-14-16-34/h11-15,17,19,21,23-27,30-33,44-45,49,61H,10,16,18,20,22,28-29H2,1-9H3,(H,53,55)(H,54,56)(H,57,63)(H,58,64). The van der Waals surface area contributed by atoms with Crippen molar-refractivity contribution in [3.05, 3.63) is 113 Å². The molecule has 16 nitrogen and oxygen atoms in total. The van der Waals surface area contributed by atoms with E-state index in [1.165, 1.54) is 14.2 Å². The van der Waals surface area contributed by atoms with Crippen LogP contribution in [0.1, 0.15) is 94.9 Å². The average molecular weight is 931 g/mol. The zero-order chi connectivity index (χ0) is 48.6. The number of methoxy groups -OCH3 is 3. The summed E-state index contributed by atoms with van der Waals surface area (Å²) in [6.07, 6.45) is 15.4. The Balaban J connectivity index is 1.14. The number of carbonyl (C=O) groups excluding carboxylic acids is 3. The summed E-state index contributed by atoms with van der Waals surface area (Å²) in [6, 6.07) is 8.38. The van der Waals surface area contributed by atoms with Gasteiger partial charge >= 0.3 is 12.2 Å². The van der Waals surface area contributed by atoms with Crippen LogP contribution in [0.15, 0.2) is 84.8 Å². The van der Waals surface area contributed by atoms with Crippen LogP contribution in [0.4, 0.5) is 9.59 Å². The van der Waals surface area contributed by atoms with Crippen molar-refractivity contribution in [2.24, 2.45) is 11.8 Å². The molecule has 0 spiro atoms. The fraction of sp³-hybridized carbons (Fsp3) is 0.442. The number of aliphatic hydroxyl groups excluding tert-OH is 1. The lowest BCUT2D eigenvalue weighted by Gasteiger charge is -2.38. The highest BCUT2D eigenvalue weighted by Crippen LogP contribution is 2.45. The third-order valence-electron chi connectivity index (χ3n) is 13.1. The summed E-state index contributed by atoms with van der Waals surface area (Å²) in [7, 11) is 4.18. The van der Waals surface area contributed by atoms with Gasteiger partial charge in [-0.15, -0.1) is 0 Å². The third kappa shape index (κ3) is 10.7. The number of H-pyrrole nitrogens is 2. The molecule has 0 fully saturated rings. The van der Waals surface area contributed by atoms with Crippen LogP contribution >= 0.6 is 0 Å². The number of alkyl carbamates (subject to hydrolysis) is 2. The number of nitrogens with one attached hydrogen (secondary N) is 4. The molecule has 2 aromatic carbocycles. The molecule has 6 unspecified atom stereocenters. The number of aliphatic hydroxyl groups is 1. The summed E-state index contributed by atoms with van der Waals surface area (Å²) in [5.41, 5.74) is 9.67. The molecule has 0 saturated heterocycles. The molecule has 2 aromatic heterocycles. The number of amides is 3. The van der Waals surface area contributed by atoms with Gasteiger partial charge in [0, 0.05) is 29.9 Å². The summed E-state index contributed by atoms with van der Waals surface area (Å²) >= 11 is 0. The largest absolute Gasteiger partial charge is 0.505 e. The molecule has 68 heavy (non-hydrogen) atoms. The van der Waals surface area contributed by atoms with E-state index in [2.05, 4.69) is 57.9 Å². The van der Waals surface area contributed by atoms with Crippen LogP contribution in [0.25, 0.3) is 33.6 Å². The molecule has 3 amide bonds. The van der Waals surface area contributed by atoms with Crippen molar-refractivity contribution < 1.29 is 38.4 Å². The Morgan fingerprint density at radius 2 is 1.68 bits per heavy atom. The minimum atomic E-state index is -0.972. The van der Waals surface area contributed by atoms with E-state index in [0.717, 1.165) is 81.0 Å². The van der Waals surface area contributed by atoms with Crippen LogP contribution in [0, 0.1) is 11.8 Å². The maximum Gasteiger partial charge on any atom is 0.407 e. The highest BCUT2D eigenvalue weighted by atomic mass is 16.5. The number of allylic oxidation sites excluding steroid dienone is 5. The molecule has 16 heteroatoms. The average Bonchev–Trinajstić information content (AvgIpc) is 3.94. The quantitative estimate of drug-likeness (QED) is 0.0475. The number of rotatable bonds is 18. The van der Waals surface area contributed by atoms with E-state index in [9.17, 15) is 19.5 Å². The van der Waals surface area contributed by atoms with Crippen molar-refractivity contribution in [1.29, 1.82) is 0 Å². The van der Waals surface area contributed by atoms with Crippen LogP contribution in [-0.4, -0.2) is 106 Å². The number of benzene rings is 2. The van der Waals surface area contributed by atoms with Gasteiger partial charge in [0.25, 0.3) is 0 Å². The second kappa shape index (κ2) is 22.0. The number of ether oxygens (including phenoxy) is 4. The Morgan fingerprint density at radius 3 is 2.41 bits per heavy atom. The first-order valence-electron chi connectivity index (χ1n) is 23.5. The predicted octanol–water partition coefficient (Wildman–Crippen LogP) is 8.45. The van der Waals surface area contributed by atoms with Gasteiger partial charge in [0.15, 0.2) is 0 Å². The highest BCUT2D eigenvalue weighted by molar-refractivity contribution is 5.89. The Hall–Kier alpha value is -6.65. The topological polar surface area (TPSA) is 196 Å². The Bertz CT molecular complexity index is 2570. The van der Waals surface area contributed by atoms with E-state index < -0.39 is 36.5 Å². The lowest BCUT2D eigenvalue weighted by Crippen LogP contribution is -2.55. The molecular weight excluding hydrogens is 865 g/mol. The number of nitrogens with zero attached hydrogens (tertiary/aromatic N) is 4. The first kappa shape index (κ1) is 49.3. The molecule has 6 atom stereocenters. The van der Waals surface area contributed by atoms with Crippen molar-refractivity contribution in [3.63, 3.8) is 0 Å². The van der Waals surface area contributed by atoms with Gasteiger partial charge in [-0.3, -0.25) is 9.69 Å². The smallest absolute Gasteiger partial charge is 0.407 e. The summed E-state index contributed by atoms with van der Waals surface area (Å²) in [4.78, 5) is 60.3. The summed E-state index contributed by atoms with van der Waals surface area (Å²) in [6.45, 7) is 13.2. The number of hydrogen-bond acceptors (Lipinski definition) is 11. The van der Waals surface area contributed by atoms with Gasteiger partial charge in [-0.25, -0.2) is 19.6 Å². The van der Waals surface area contributed by atoms with E-state index in [4.69, 9.17) is 28.9 Å². The van der Waals surface area contributed by atoms with Gasteiger partial charge in [0.1, 0.15) is 36.3 Å². The van der Waals surface area contributed by atoms with Crippen molar-refractivity contribution >= 4 is 18.1 Å². The van der Waals surface area contributed by atoms with Gasteiger partial charge in [-0.2, -0.15) is 0 Å². The molecule has 3 heterocycles. The lowest BCUT2D eigenvalue weighted by atomic mass is 9.86. The first-order chi connectivity index (χ1) is 32.8. The molecular formula is C52H66N8O8. The summed E-state index contributed by atoms with van der Waals surface area (Å²) in [5.74, 6) is 1.70. The van der Waals surface area contributed by atoms with E-state index in [-0.39, 0.29) is 23.8 Å². The van der Waals surface area contributed by atoms with Gasteiger partial charge in [-0.05, 0) is 103 Å². The van der Waals surface area contributed by atoms with E-state index in [1.54, 1.807) is 18.3 Å². The van der Waals surface area contributed by atoms with Gasteiger partial charge in [0.05, 0.1) is 63.3 Å². The van der Waals surface area contributed by atoms with Crippen molar-refractivity contribution in [3.8, 4) is 39.4 Å². The van der Waals surface area contributed by atoms with Gasteiger partial charge in [-0.1, -0.05) is 70.2 Å². The summed E-state index contributed by atoms with van der Waals surface area (Å²) < 4.78 is 21.5. The zero-order valence-electron chi connectivity index (χ0n) is 40.6. The van der Waals surface area contributed by atoms with Crippen molar-refractivity contribution in [1.82, 2.24) is 40.4 Å². The molecule has 3 aliphatic rings. The summed E-state index contributed by atoms with van der Waals surface area (Å²) in [5, 5.41) is 17.2. The fourth-order valence-electron chi connectivity index (χ4n) is 9.26. The normalized spacial score (nSPS) is 16.4. The minimum Gasteiger partial charge on any atom is -0.505 e. The SMILES string of the molecule is CCCN(C(C)c1ncc(-c2ccc3c(c2)COc2cc4c(cc2-3)CCc2[nH]c(C(C)N(CC(C)C=COC)C(=O)C(NC(=O)OC)C3=CC=CC=CC3)nc2-4)[nH]1)C(O)C(NC(=O)OC)C(C)C. The number of imidazole rings is 2. The highest BCUT2D eigenvalue weighted by Gasteiger charge is 2.36. The molecule has 0 radical (unpaired) electrons. The van der Waals surface area contributed by atoms with Crippen LogP contribution in [-0.2, 0) is 38.5 Å². The molecule has 2 aliphatic carbocycles. The second-order valence-corrected chi connectivity index (χ2v) is 18.1. The third-order valence-corrected chi connectivity index (χ3v) is 13.1. The number of hydrogen-bond donors (Lipinski definition) is 5. The molecule has 5 N–H and O–H groups in total. The van der Waals surface area contributed by atoms with Crippen LogP contribution in [0.2, 0.25) is 0 Å². The van der Waals surface area contributed by atoms with Crippen molar-refractivity contribution in [2.75, 3.05) is 34.4 Å². The predicted molar refractivity (Wildman–Crippen MR) is 260 cm³/mol. The van der Waals surface area contributed by atoms with Crippen LogP contribution in [0.3, 0.4) is 0 Å². The van der Waals surface area contributed by atoms with E-state index in [1.807, 2.05) is 82.2 Å². The van der Waals surface area contributed by atoms with Gasteiger partial charge < -0.3 is 49.6 Å². The molecule has 1 aliphatic heterocycles. The van der Waals surface area contributed by atoms with E-state index in [0.29, 0.717) is 37.8 Å². The van der Waals surface area contributed by atoms with Crippen LogP contribution in [0.5, 0.6) is 5.75 Å². The molecule has 0 bridgehead atoms. The Labute approximate surface area is 398 Å². The maximum absolute atomic E-state index is 14.7. The molecule has 4 aromatic rings. The first-order valence-corrected chi connectivity index (χ1v) is 23.5. The van der Waals surface area contributed by atoms with Crippen LogP contribution < -0.4 is 15.4 Å². The minimum absolute atomic E-state index is 0.0524. The number of aromatic amines is 2. The van der Waals surface area contributed by atoms with Gasteiger partial charge in [0.2, 0.25) is 5.91 Å². The molecule has 362 valence electrons. The second-order valence-electron chi connectivity index (χ2n) is 18.1. The zero-order valence-corrected chi connectivity index (χ0v) is 40.6. The van der Waals surface area contributed by atoms with E-state index >= 15 is 0 Å². The number of aryl methyl sites for hydroxylation is 2. The molecule has 7 rings (SSSR count). The fourth-order valence-corrected chi connectivity index (χ4v) is 9.26. The Kier molecular flexibility index (Phi) is 15.9. The maximum atomic E-state index is 14.7.